The first kappa shape index (κ1) is 88.1. The van der Waals surface area contributed by atoms with Gasteiger partial charge in [-0.25, -0.2) is 9.13 Å². The predicted octanol–water partition coefficient (Wildman–Crippen LogP) is 20.1. The molecule has 0 radical (unpaired) electrons. The van der Waals surface area contributed by atoms with E-state index in [-0.39, 0.29) is 25.7 Å². The normalized spacial score (nSPS) is 14.9. The van der Waals surface area contributed by atoms with Crippen LogP contribution in [0.15, 0.2) is 0 Å². The van der Waals surface area contributed by atoms with Crippen LogP contribution in [0, 0.1) is 23.7 Å². The highest BCUT2D eigenvalue weighted by molar-refractivity contribution is 7.47. The molecule has 7 atom stereocenters. The molecule has 0 aromatic rings. The van der Waals surface area contributed by atoms with E-state index in [9.17, 15) is 43.2 Å². The monoisotopic (exact) mass is 1320 g/mol. The molecule has 0 bridgehead atoms. The predicted molar refractivity (Wildman–Crippen MR) is 363 cm³/mol. The Labute approximate surface area is 549 Å². The van der Waals surface area contributed by atoms with E-state index in [1.165, 1.54) is 148 Å². The van der Waals surface area contributed by atoms with Crippen LogP contribution >= 0.6 is 15.6 Å². The van der Waals surface area contributed by atoms with Crippen LogP contribution in [-0.2, 0) is 65.4 Å². The van der Waals surface area contributed by atoms with Crippen LogP contribution in [0.2, 0.25) is 0 Å². The molecule has 0 aliphatic heterocycles. The van der Waals surface area contributed by atoms with Gasteiger partial charge in [-0.15, -0.1) is 0 Å². The van der Waals surface area contributed by atoms with Crippen molar-refractivity contribution < 1.29 is 80.2 Å². The third-order valence-corrected chi connectivity index (χ3v) is 18.9. The summed E-state index contributed by atoms with van der Waals surface area (Å²) in [6.45, 7) is 14.1. The lowest BCUT2D eigenvalue weighted by atomic mass is 9.99. The maximum atomic E-state index is 13.0. The van der Waals surface area contributed by atoms with E-state index in [1.807, 2.05) is 0 Å². The van der Waals surface area contributed by atoms with Gasteiger partial charge in [-0.3, -0.25) is 37.3 Å². The summed E-state index contributed by atoms with van der Waals surface area (Å²) in [7, 11) is -9.90. The third kappa shape index (κ3) is 62.2. The van der Waals surface area contributed by atoms with Crippen molar-refractivity contribution in [3.63, 3.8) is 0 Å². The lowest BCUT2D eigenvalue weighted by Gasteiger charge is -2.21. The maximum absolute atomic E-state index is 13.0. The van der Waals surface area contributed by atoms with Gasteiger partial charge in [0, 0.05) is 25.7 Å². The van der Waals surface area contributed by atoms with E-state index in [1.54, 1.807) is 0 Å². The summed E-state index contributed by atoms with van der Waals surface area (Å²) in [5.41, 5.74) is 0. The second-order valence-corrected chi connectivity index (χ2v) is 30.0. The lowest BCUT2D eigenvalue weighted by molar-refractivity contribution is -0.161. The summed E-state index contributed by atoms with van der Waals surface area (Å²) in [4.78, 5) is 72.6. The average Bonchev–Trinajstić information content (AvgIpc) is 2.33. The Morgan fingerprint density at radius 2 is 0.533 bits per heavy atom. The molecule has 90 heavy (non-hydrogen) atoms. The second kappa shape index (κ2) is 60.7. The fourth-order valence-corrected chi connectivity index (χ4v) is 12.2. The van der Waals surface area contributed by atoms with Crippen LogP contribution < -0.4 is 0 Å². The highest BCUT2D eigenvalue weighted by Crippen LogP contribution is 2.45. The molecule has 0 aromatic heterocycles. The zero-order chi connectivity index (χ0) is 66.8. The Morgan fingerprint density at radius 3 is 0.789 bits per heavy atom. The molecule has 0 fully saturated rings. The summed E-state index contributed by atoms with van der Waals surface area (Å²) in [6, 6.07) is 0. The molecule has 0 saturated carbocycles. The van der Waals surface area contributed by atoms with Crippen molar-refractivity contribution in [3.8, 4) is 0 Å². The maximum Gasteiger partial charge on any atom is 0.472 e. The van der Waals surface area contributed by atoms with Crippen LogP contribution in [0.4, 0.5) is 0 Å². The minimum absolute atomic E-state index is 0.103. The van der Waals surface area contributed by atoms with E-state index in [0.717, 1.165) is 114 Å². The van der Waals surface area contributed by atoms with E-state index in [2.05, 4.69) is 55.4 Å². The first-order chi connectivity index (χ1) is 43.2. The smallest absolute Gasteiger partial charge is 0.462 e. The molecule has 0 aliphatic carbocycles. The second-order valence-electron chi connectivity index (χ2n) is 27.1. The van der Waals surface area contributed by atoms with Gasteiger partial charge in [0.2, 0.25) is 0 Å². The highest BCUT2D eigenvalue weighted by atomic mass is 31.2. The molecule has 0 heterocycles. The molecule has 0 spiro atoms. The molecule has 0 aromatic carbocycles. The molecule has 0 amide bonds. The van der Waals surface area contributed by atoms with Crippen molar-refractivity contribution in [2.45, 2.75) is 369 Å². The van der Waals surface area contributed by atoms with Crippen molar-refractivity contribution in [1.29, 1.82) is 0 Å². The molecule has 0 saturated heterocycles. The minimum atomic E-state index is -4.95. The number of carbonyl (C=O) groups excluding carboxylic acids is 4. The zero-order valence-electron chi connectivity index (χ0n) is 58.8. The Morgan fingerprint density at radius 1 is 0.311 bits per heavy atom. The van der Waals surface area contributed by atoms with Gasteiger partial charge < -0.3 is 33.8 Å². The van der Waals surface area contributed by atoms with Crippen LogP contribution in [0.3, 0.4) is 0 Å². The Kier molecular flexibility index (Phi) is 59.4. The number of aliphatic hydroxyl groups is 1. The summed E-state index contributed by atoms with van der Waals surface area (Å²) in [5, 5.41) is 10.6. The van der Waals surface area contributed by atoms with Crippen LogP contribution in [0.25, 0.3) is 0 Å². The first-order valence-electron chi connectivity index (χ1n) is 36.8. The molecule has 19 heteroatoms. The molecule has 17 nitrogen and oxygen atoms in total. The Hall–Kier alpha value is -1.94. The zero-order valence-corrected chi connectivity index (χ0v) is 60.6. The number of phosphoric acid groups is 2. The van der Waals surface area contributed by atoms with Crippen LogP contribution in [0.5, 0.6) is 0 Å². The molecule has 0 aliphatic rings. The SMILES string of the molecule is CCC(C)CCCCCCCCCCCCC(=O)O[C@H](COC(=O)CCCCCCCCCCCCCCC(C)C)COP(=O)(O)OC[C@@H](O)COP(=O)(O)OC[C@@H](COC(=O)CCCCCCCCC(C)C)OC(=O)CCCCCCCCCCC(C)CC. The van der Waals surface area contributed by atoms with Gasteiger partial charge in [-0.05, 0) is 49.4 Å². The lowest BCUT2D eigenvalue weighted by Crippen LogP contribution is -2.30. The molecule has 3 N–H and O–H groups in total. The first-order valence-corrected chi connectivity index (χ1v) is 39.8. The molecular weight excluding hydrogens is 1190 g/mol. The largest absolute Gasteiger partial charge is 0.472 e. The fraction of sp³-hybridized carbons (Fsp3) is 0.944. The quantitative estimate of drug-likeness (QED) is 0.0222. The number of unbranched alkanes of at least 4 members (excludes halogenated alkanes) is 32. The van der Waals surface area contributed by atoms with Gasteiger partial charge in [0.05, 0.1) is 26.4 Å². The van der Waals surface area contributed by atoms with Crippen molar-refractivity contribution in [1.82, 2.24) is 0 Å². The number of rotatable bonds is 68. The molecule has 0 rings (SSSR count). The number of ether oxygens (including phenoxy) is 4. The van der Waals surface area contributed by atoms with E-state index in [0.29, 0.717) is 31.6 Å². The number of hydrogen-bond acceptors (Lipinski definition) is 15. The van der Waals surface area contributed by atoms with Gasteiger partial charge >= 0.3 is 39.5 Å². The summed E-state index contributed by atoms with van der Waals surface area (Å²) in [6.07, 6.45) is 43.0. The summed E-state index contributed by atoms with van der Waals surface area (Å²) >= 11 is 0. The van der Waals surface area contributed by atoms with Gasteiger partial charge in [0.1, 0.15) is 19.3 Å². The van der Waals surface area contributed by atoms with Crippen LogP contribution in [-0.4, -0.2) is 96.7 Å². The van der Waals surface area contributed by atoms with E-state index < -0.39 is 97.5 Å². The molecule has 534 valence electrons. The Balaban J connectivity index is 5.26. The number of hydrogen-bond donors (Lipinski definition) is 3. The standard InChI is InChI=1S/C71H138O17P2/c1-9-63(7)49-41-33-24-18-15-16-20-27-37-45-53-70(75)87-66(57-81-68(73)51-43-35-26-19-14-12-11-13-17-23-31-39-47-61(3)4)59-85-89(77,78)83-55-65(72)56-84-90(79,80)86-60-67(58-82-69(74)52-44-36-30-29-32-40-48-62(5)6)88-71(76)54-46-38-28-22-21-25-34-42-50-64(8)10-2/h61-67,72H,9-60H2,1-8H3,(H,77,78)(H,79,80)/t63?,64?,65-,66-,67-/m1/s1. The number of aliphatic hydroxyl groups excluding tert-OH is 1. The molecule has 4 unspecified atom stereocenters. The average molecular weight is 1330 g/mol. The van der Waals surface area contributed by atoms with Crippen molar-refractivity contribution in [3.05, 3.63) is 0 Å². The van der Waals surface area contributed by atoms with Gasteiger partial charge in [-0.1, -0.05) is 299 Å². The Bertz CT molecular complexity index is 1790. The molecular formula is C71H138O17P2. The number of phosphoric ester groups is 2. The summed E-state index contributed by atoms with van der Waals surface area (Å²) < 4.78 is 68.3. The van der Waals surface area contributed by atoms with E-state index >= 15 is 0 Å². The number of esters is 4. The van der Waals surface area contributed by atoms with Gasteiger partial charge in [-0.2, -0.15) is 0 Å². The van der Waals surface area contributed by atoms with Crippen LogP contribution in [0.1, 0.15) is 351 Å². The summed E-state index contributed by atoms with van der Waals surface area (Å²) in [5.74, 6) is 0.903. The highest BCUT2D eigenvalue weighted by Gasteiger charge is 2.30. The van der Waals surface area contributed by atoms with E-state index in [4.69, 9.17) is 37.0 Å². The van der Waals surface area contributed by atoms with Gasteiger partial charge in [0.15, 0.2) is 12.2 Å². The third-order valence-electron chi connectivity index (χ3n) is 17.0. The number of carbonyl (C=O) groups is 4. The van der Waals surface area contributed by atoms with Crippen molar-refractivity contribution in [2.75, 3.05) is 39.6 Å². The minimum Gasteiger partial charge on any atom is -0.462 e. The topological polar surface area (TPSA) is 237 Å². The van der Waals surface area contributed by atoms with Gasteiger partial charge in [0.25, 0.3) is 0 Å². The fourth-order valence-electron chi connectivity index (χ4n) is 10.6. The van der Waals surface area contributed by atoms with Crippen molar-refractivity contribution >= 4 is 39.5 Å². The van der Waals surface area contributed by atoms with Crippen molar-refractivity contribution in [2.24, 2.45) is 23.7 Å².